The molecule has 15 heavy (non-hydrogen) atoms. The van der Waals surface area contributed by atoms with Crippen LogP contribution >= 0.6 is 0 Å². The van der Waals surface area contributed by atoms with Gasteiger partial charge in [-0.05, 0) is 12.8 Å². The van der Waals surface area contributed by atoms with Gasteiger partial charge in [-0.1, -0.05) is 0 Å². The number of nitrogens with zero attached hydrogens (tertiary/aromatic N) is 1. The van der Waals surface area contributed by atoms with Gasteiger partial charge in [0.15, 0.2) is 0 Å². The minimum atomic E-state index is 0.0145. The quantitative estimate of drug-likeness (QED) is 0.620. The fourth-order valence-electron chi connectivity index (χ4n) is 1.56. The van der Waals surface area contributed by atoms with Crippen LogP contribution in [0, 0.1) is 0 Å². The van der Waals surface area contributed by atoms with Crippen LogP contribution in [0.5, 0.6) is 0 Å². The van der Waals surface area contributed by atoms with Crippen molar-refractivity contribution in [2.24, 2.45) is 0 Å². The van der Waals surface area contributed by atoms with Gasteiger partial charge in [-0.25, -0.2) is 0 Å². The lowest BCUT2D eigenvalue weighted by Gasteiger charge is -2.19. The SMILES string of the molecule is O=C1CCN(C(=O)CCCCO)CCN1. The average molecular weight is 214 g/mol. The number of rotatable bonds is 4. The zero-order chi connectivity index (χ0) is 11.1. The highest BCUT2D eigenvalue weighted by Gasteiger charge is 2.17. The molecule has 0 aromatic carbocycles. The van der Waals surface area contributed by atoms with E-state index in [1.807, 2.05) is 0 Å². The smallest absolute Gasteiger partial charge is 0.222 e. The van der Waals surface area contributed by atoms with Crippen LogP contribution in [0.4, 0.5) is 0 Å². The molecule has 1 heterocycles. The molecule has 0 bridgehead atoms. The van der Waals surface area contributed by atoms with Gasteiger partial charge in [0.05, 0.1) is 0 Å². The summed E-state index contributed by atoms with van der Waals surface area (Å²) in [7, 11) is 0. The monoisotopic (exact) mass is 214 g/mol. The van der Waals surface area contributed by atoms with E-state index in [4.69, 9.17) is 5.11 Å². The van der Waals surface area contributed by atoms with Gasteiger partial charge in [-0.3, -0.25) is 9.59 Å². The topological polar surface area (TPSA) is 69.6 Å². The number of aliphatic hydroxyl groups excluding tert-OH is 1. The molecule has 86 valence electrons. The lowest BCUT2D eigenvalue weighted by molar-refractivity contribution is -0.131. The largest absolute Gasteiger partial charge is 0.396 e. The van der Waals surface area contributed by atoms with E-state index in [1.54, 1.807) is 4.90 Å². The van der Waals surface area contributed by atoms with Gasteiger partial charge in [0, 0.05) is 39.1 Å². The van der Waals surface area contributed by atoms with Gasteiger partial charge >= 0.3 is 0 Å². The van der Waals surface area contributed by atoms with Crippen molar-refractivity contribution in [1.29, 1.82) is 0 Å². The molecular weight excluding hydrogens is 196 g/mol. The average Bonchev–Trinajstić information content (AvgIpc) is 2.43. The predicted molar refractivity (Wildman–Crippen MR) is 55.1 cm³/mol. The fourth-order valence-corrected chi connectivity index (χ4v) is 1.56. The number of amides is 2. The maximum atomic E-state index is 11.6. The van der Waals surface area contributed by atoms with E-state index >= 15 is 0 Å². The minimum Gasteiger partial charge on any atom is -0.396 e. The van der Waals surface area contributed by atoms with Crippen molar-refractivity contribution < 1.29 is 14.7 Å². The van der Waals surface area contributed by atoms with Crippen molar-refractivity contribution in [2.45, 2.75) is 25.7 Å². The Morgan fingerprint density at radius 1 is 1.40 bits per heavy atom. The standard InChI is InChI=1S/C10H18N2O3/c13-8-2-1-3-10(15)12-6-4-9(14)11-5-7-12/h13H,1-8H2,(H,11,14). The summed E-state index contributed by atoms with van der Waals surface area (Å²) in [4.78, 5) is 24.4. The number of unbranched alkanes of at least 4 members (excludes halogenated alkanes) is 1. The van der Waals surface area contributed by atoms with Crippen molar-refractivity contribution in [3.05, 3.63) is 0 Å². The maximum Gasteiger partial charge on any atom is 0.222 e. The first-order valence-corrected chi connectivity index (χ1v) is 5.39. The first-order chi connectivity index (χ1) is 7.24. The number of carbonyl (C=O) groups is 2. The molecule has 1 rings (SSSR count). The normalized spacial score (nSPS) is 17.1. The number of hydrogen-bond donors (Lipinski definition) is 2. The third-order valence-corrected chi connectivity index (χ3v) is 2.46. The van der Waals surface area contributed by atoms with Crippen LogP contribution in [0.15, 0.2) is 0 Å². The molecule has 1 fully saturated rings. The lowest BCUT2D eigenvalue weighted by atomic mass is 10.2. The number of nitrogens with one attached hydrogen (secondary N) is 1. The third-order valence-electron chi connectivity index (χ3n) is 2.46. The zero-order valence-electron chi connectivity index (χ0n) is 8.87. The molecule has 0 radical (unpaired) electrons. The second kappa shape index (κ2) is 6.40. The van der Waals surface area contributed by atoms with E-state index in [-0.39, 0.29) is 18.4 Å². The Balaban J connectivity index is 2.28. The molecule has 2 amide bonds. The highest BCUT2D eigenvalue weighted by molar-refractivity contribution is 5.80. The summed E-state index contributed by atoms with van der Waals surface area (Å²) in [5.74, 6) is 0.0978. The highest BCUT2D eigenvalue weighted by Crippen LogP contribution is 2.03. The van der Waals surface area contributed by atoms with E-state index < -0.39 is 0 Å². The second-order valence-corrected chi connectivity index (χ2v) is 3.66. The van der Waals surface area contributed by atoms with E-state index in [2.05, 4.69) is 5.32 Å². The lowest BCUT2D eigenvalue weighted by Crippen LogP contribution is -2.34. The maximum absolute atomic E-state index is 11.6. The molecule has 0 saturated carbocycles. The van der Waals surface area contributed by atoms with Crippen molar-refractivity contribution in [3.8, 4) is 0 Å². The van der Waals surface area contributed by atoms with Gasteiger partial charge in [0.25, 0.3) is 0 Å². The Kier molecular flexibility index (Phi) is 5.10. The van der Waals surface area contributed by atoms with Gasteiger partial charge < -0.3 is 15.3 Å². The van der Waals surface area contributed by atoms with Crippen LogP contribution < -0.4 is 5.32 Å². The summed E-state index contributed by atoms with van der Waals surface area (Å²) in [5, 5.41) is 11.3. The summed E-state index contributed by atoms with van der Waals surface area (Å²) in [5.41, 5.74) is 0. The highest BCUT2D eigenvalue weighted by atomic mass is 16.3. The van der Waals surface area contributed by atoms with E-state index in [0.29, 0.717) is 45.3 Å². The van der Waals surface area contributed by atoms with E-state index in [0.717, 1.165) is 0 Å². The number of carbonyl (C=O) groups excluding carboxylic acids is 2. The second-order valence-electron chi connectivity index (χ2n) is 3.66. The molecule has 0 aromatic rings. The van der Waals surface area contributed by atoms with Gasteiger partial charge in [0.1, 0.15) is 0 Å². The molecule has 0 aromatic heterocycles. The Morgan fingerprint density at radius 2 is 2.20 bits per heavy atom. The third kappa shape index (κ3) is 4.29. The van der Waals surface area contributed by atoms with Crippen LogP contribution in [-0.4, -0.2) is 48.1 Å². The summed E-state index contributed by atoms with van der Waals surface area (Å²) >= 11 is 0. The van der Waals surface area contributed by atoms with Crippen LogP contribution in [0.2, 0.25) is 0 Å². The Hall–Kier alpha value is -1.10. The Morgan fingerprint density at radius 3 is 2.93 bits per heavy atom. The molecule has 2 N–H and O–H groups in total. The van der Waals surface area contributed by atoms with Crippen molar-refractivity contribution >= 4 is 11.8 Å². The zero-order valence-corrected chi connectivity index (χ0v) is 8.87. The predicted octanol–water partition coefficient (Wildman–Crippen LogP) is -0.503. The number of hydrogen-bond acceptors (Lipinski definition) is 3. The van der Waals surface area contributed by atoms with E-state index in [1.165, 1.54) is 0 Å². The minimum absolute atomic E-state index is 0.0145. The first kappa shape index (κ1) is 12.0. The molecule has 0 aliphatic carbocycles. The van der Waals surface area contributed by atoms with Crippen LogP contribution in [-0.2, 0) is 9.59 Å². The van der Waals surface area contributed by atoms with Gasteiger partial charge in [0.2, 0.25) is 11.8 Å². The summed E-state index contributed by atoms with van der Waals surface area (Å²) in [6, 6.07) is 0. The molecule has 5 heteroatoms. The van der Waals surface area contributed by atoms with Crippen LogP contribution in [0.25, 0.3) is 0 Å². The molecule has 0 spiro atoms. The molecule has 5 nitrogen and oxygen atoms in total. The molecule has 1 aliphatic rings. The van der Waals surface area contributed by atoms with E-state index in [9.17, 15) is 9.59 Å². The fraction of sp³-hybridized carbons (Fsp3) is 0.800. The number of aliphatic hydroxyl groups is 1. The molecule has 1 aliphatic heterocycles. The van der Waals surface area contributed by atoms with Crippen molar-refractivity contribution in [2.75, 3.05) is 26.2 Å². The summed E-state index contributed by atoms with van der Waals surface area (Å²) in [6.45, 7) is 1.80. The van der Waals surface area contributed by atoms with Crippen LogP contribution in [0.3, 0.4) is 0 Å². The molecular formula is C10H18N2O3. The van der Waals surface area contributed by atoms with Crippen molar-refractivity contribution in [1.82, 2.24) is 10.2 Å². The van der Waals surface area contributed by atoms with Gasteiger partial charge in [-0.2, -0.15) is 0 Å². The molecule has 0 atom stereocenters. The van der Waals surface area contributed by atoms with Crippen molar-refractivity contribution in [3.63, 3.8) is 0 Å². The molecule has 0 unspecified atom stereocenters. The Bertz CT molecular complexity index is 231. The van der Waals surface area contributed by atoms with Gasteiger partial charge in [-0.15, -0.1) is 0 Å². The summed E-state index contributed by atoms with van der Waals surface area (Å²) < 4.78 is 0. The first-order valence-electron chi connectivity index (χ1n) is 5.39. The molecule has 1 saturated heterocycles. The van der Waals surface area contributed by atoms with Crippen LogP contribution in [0.1, 0.15) is 25.7 Å². The Labute approximate surface area is 89.4 Å². The summed E-state index contributed by atoms with van der Waals surface area (Å²) in [6.07, 6.45) is 2.24.